The molecule has 2 amide bonds. The van der Waals surface area contributed by atoms with Crippen molar-refractivity contribution in [3.05, 3.63) is 97.3 Å². The molecule has 0 N–H and O–H groups in total. The number of nitrogens with zero attached hydrogens (tertiary/aromatic N) is 4. The molecule has 0 bridgehead atoms. The van der Waals surface area contributed by atoms with Crippen LogP contribution in [-0.2, 0) is 29.6 Å². The van der Waals surface area contributed by atoms with Crippen molar-refractivity contribution in [2.45, 2.75) is 23.6 Å². The molecular formula is C28H22N4O6S2. The van der Waals surface area contributed by atoms with E-state index in [9.17, 15) is 26.4 Å². The van der Waals surface area contributed by atoms with Gasteiger partial charge in [0, 0.05) is 37.0 Å². The molecule has 2 heterocycles. The van der Waals surface area contributed by atoms with Crippen LogP contribution in [0.1, 0.15) is 13.8 Å². The summed E-state index contributed by atoms with van der Waals surface area (Å²) in [6.45, 7) is 2.20. The van der Waals surface area contributed by atoms with Gasteiger partial charge in [-0.1, -0.05) is 36.4 Å². The maximum absolute atomic E-state index is 13.7. The first-order valence-electron chi connectivity index (χ1n) is 11.9. The Morgan fingerprint density at radius 2 is 0.900 bits per heavy atom. The molecule has 40 heavy (non-hydrogen) atoms. The third-order valence-corrected chi connectivity index (χ3v) is 9.79. The maximum atomic E-state index is 13.7. The normalized spacial score (nSPS) is 11.8. The number of benzene rings is 3. The van der Waals surface area contributed by atoms with Crippen LogP contribution in [0.3, 0.4) is 0 Å². The number of rotatable bonds is 6. The Bertz CT molecular complexity index is 1850. The number of sulfonamides is 2. The summed E-state index contributed by atoms with van der Waals surface area (Å²) in [6, 6.07) is 21.0. The van der Waals surface area contributed by atoms with Gasteiger partial charge in [0.15, 0.2) is 0 Å². The van der Waals surface area contributed by atoms with Crippen LogP contribution < -0.4 is 8.61 Å². The first-order chi connectivity index (χ1) is 19.0. The van der Waals surface area contributed by atoms with Gasteiger partial charge in [-0.3, -0.25) is 19.6 Å². The first kappa shape index (κ1) is 26.9. The molecule has 202 valence electrons. The fraction of sp³-hybridized carbons (Fsp3) is 0.0714. The summed E-state index contributed by atoms with van der Waals surface area (Å²) in [6.07, 6.45) is 2.91. The maximum Gasteiger partial charge on any atom is 0.273 e. The number of hydrogen-bond donors (Lipinski definition) is 0. The SMILES string of the molecule is CC(=O)N(c1ccc(N(C(C)=O)S(=O)(=O)c2cccc3cccnc23)cc1)S(=O)(=O)c1cccc2cccnc12. The average Bonchev–Trinajstić information content (AvgIpc) is 2.92. The number of anilines is 2. The molecule has 0 atom stereocenters. The molecule has 12 heteroatoms. The summed E-state index contributed by atoms with van der Waals surface area (Å²) >= 11 is 0. The van der Waals surface area contributed by atoms with Gasteiger partial charge in [-0.2, -0.15) is 0 Å². The Balaban J connectivity index is 1.58. The lowest BCUT2D eigenvalue weighted by atomic mass is 10.2. The van der Waals surface area contributed by atoms with Gasteiger partial charge in [-0.25, -0.2) is 25.4 Å². The predicted octanol–water partition coefficient (Wildman–Crippen LogP) is 4.27. The number of hydrogen-bond acceptors (Lipinski definition) is 8. The third-order valence-electron chi connectivity index (χ3n) is 6.12. The lowest BCUT2D eigenvalue weighted by Gasteiger charge is -2.24. The number of amides is 2. The van der Waals surface area contributed by atoms with Gasteiger partial charge >= 0.3 is 0 Å². The van der Waals surface area contributed by atoms with Gasteiger partial charge in [0.25, 0.3) is 20.0 Å². The second-order valence-electron chi connectivity index (χ2n) is 8.76. The number of para-hydroxylation sites is 2. The lowest BCUT2D eigenvalue weighted by Crippen LogP contribution is -2.36. The Morgan fingerprint density at radius 3 is 1.25 bits per heavy atom. The molecule has 3 aromatic carbocycles. The highest BCUT2D eigenvalue weighted by atomic mass is 32.2. The number of pyridine rings is 2. The molecule has 0 unspecified atom stereocenters. The summed E-state index contributed by atoms with van der Waals surface area (Å²) in [7, 11) is -8.82. The summed E-state index contributed by atoms with van der Waals surface area (Å²) in [5.74, 6) is -1.59. The molecule has 0 aliphatic heterocycles. The van der Waals surface area contributed by atoms with E-state index >= 15 is 0 Å². The molecule has 0 spiro atoms. The summed E-state index contributed by atoms with van der Waals surface area (Å²) in [4.78, 5) is 33.3. The Hall–Kier alpha value is -4.68. The molecule has 0 aliphatic carbocycles. The Labute approximate surface area is 230 Å². The van der Waals surface area contributed by atoms with E-state index in [1.54, 1.807) is 48.5 Å². The first-order valence-corrected chi connectivity index (χ1v) is 14.8. The van der Waals surface area contributed by atoms with Crippen LogP contribution in [0.5, 0.6) is 0 Å². The molecule has 5 aromatic rings. The summed E-state index contributed by atoms with van der Waals surface area (Å²) in [5, 5.41) is 1.15. The van der Waals surface area contributed by atoms with E-state index in [0.29, 0.717) is 19.4 Å². The van der Waals surface area contributed by atoms with Crippen LogP contribution in [-0.4, -0.2) is 38.6 Å². The highest BCUT2D eigenvalue weighted by Gasteiger charge is 2.33. The van der Waals surface area contributed by atoms with Gasteiger partial charge in [-0.15, -0.1) is 0 Å². The molecule has 10 nitrogen and oxygen atoms in total. The van der Waals surface area contributed by atoms with Gasteiger partial charge < -0.3 is 0 Å². The van der Waals surface area contributed by atoms with Gasteiger partial charge in [0.2, 0.25) is 11.8 Å². The van der Waals surface area contributed by atoms with E-state index in [4.69, 9.17) is 0 Å². The summed E-state index contributed by atoms with van der Waals surface area (Å²) < 4.78 is 56.0. The Kier molecular flexibility index (Phi) is 6.82. The van der Waals surface area contributed by atoms with Crippen LogP contribution in [0.25, 0.3) is 21.8 Å². The molecule has 0 radical (unpaired) electrons. The van der Waals surface area contributed by atoms with Crippen molar-refractivity contribution in [3.63, 3.8) is 0 Å². The minimum absolute atomic E-state index is 0.0445. The molecule has 0 saturated heterocycles. The Morgan fingerprint density at radius 1 is 0.550 bits per heavy atom. The van der Waals surface area contributed by atoms with Crippen molar-refractivity contribution in [3.8, 4) is 0 Å². The molecule has 0 fully saturated rings. The van der Waals surface area contributed by atoms with Crippen LogP contribution >= 0.6 is 0 Å². The molecule has 0 aliphatic rings. The van der Waals surface area contributed by atoms with Crippen LogP contribution in [0, 0.1) is 0 Å². The van der Waals surface area contributed by atoms with Gasteiger partial charge in [0.1, 0.15) is 9.79 Å². The van der Waals surface area contributed by atoms with E-state index in [-0.39, 0.29) is 32.2 Å². The lowest BCUT2D eigenvalue weighted by molar-refractivity contribution is -0.116. The van der Waals surface area contributed by atoms with Crippen molar-refractivity contribution >= 4 is 65.0 Å². The average molecular weight is 575 g/mol. The highest BCUT2D eigenvalue weighted by Crippen LogP contribution is 2.32. The third kappa shape index (κ3) is 4.56. The smallest absolute Gasteiger partial charge is 0.273 e. The van der Waals surface area contributed by atoms with Crippen LogP contribution in [0.4, 0.5) is 11.4 Å². The van der Waals surface area contributed by atoms with E-state index in [0.717, 1.165) is 13.8 Å². The van der Waals surface area contributed by atoms with E-state index < -0.39 is 31.9 Å². The molecule has 5 rings (SSSR count). The predicted molar refractivity (Wildman–Crippen MR) is 151 cm³/mol. The second kappa shape index (κ2) is 10.1. The minimum Gasteiger partial charge on any atom is -0.274 e. The van der Waals surface area contributed by atoms with Crippen LogP contribution in [0.2, 0.25) is 0 Å². The van der Waals surface area contributed by atoms with E-state index in [2.05, 4.69) is 9.97 Å². The van der Waals surface area contributed by atoms with Crippen molar-refractivity contribution in [1.29, 1.82) is 0 Å². The zero-order valence-corrected chi connectivity index (χ0v) is 22.9. The van der Waals surface area contributed by atoms with Gasteiger partial charge in [0.05, 0.1) is 22.4 Å². The zero-order chi connectivity index (χ0) is 28.7. The molecule has 2 aromatic heterocycles. The quantitative estimate of drug-likeness (QED) is 0.294. The van der Waals surface area contributed by atoms with Crippen molar-refractivity contribution in [2.24, 2.45) is 0 Å². The molecule has 0 saturated carbocycles. The van der Waals surface area contributed by atoms with Gasteiger partial charge in [-0.05, 0) is 48.5 Å². The highest BCUT2D eigenvalue weighted by molar-refractivity contribution is 7.94. The van der Waals surface area contributed by atoms with E-state index in [1.165, 1.54) is 48.8 Å². The topological polar surface area (TPSA) is 135 Å². The second-order valence-corrected chi connectivity index (χ2v) is 12.3. The zero-order valence-electron chi connectivity index (χ0n) is 21.3. The summed E-state index contributed by atoms with van der Waals surface area (Å²) in [5.41, 5.74) is 0.310. The fourth-order valence-electron chi connectivity index (χ4n) is 4.47. The fourth-order valence-corrected chi connectivity index (χ4v) is 7.67. The molecular weight excluding hydrogens is 552 g/mol. The number of fused-ring (bicyclic) bond motifs is 2. The van der Waals surface area contributed by atoms with Crippen molar-refractivity contribution in [1.82, 2.24) is 9.97 Å². The van der Waals surface area contributed by atoms with Crippen molar-refractivity contribution in [2.75, 3.05) is 8.61 Å². The largest absolute Gasteiger partial charge is 0.274 e. The number of aromatic nitrogens is 2. The number of carbonyl (C=O) groups is 2. The van der Waals surface area contributed by atoms with Crippen LogP contribution in [0.15, 0.2) is 107 Å². The van der Waals surface area contributed by atoms with E-state index in [1.807, 2.05) is 0 Å². The minimum atomic E-state index is -4.41. The monoisotopic (exact) mass is 574 g/mol. The number of carbonyl (C=O) groups excluding carboxylic acids is 2. The standard InChI is InChI=1S/C28H22N4O6S2/c1-19(33)31(39(35,36)25-11-3-7-21-9-5-17-29-27(21)25)23-13-15-24(16-14-23)32(20(2)34)40(37,38)26-12-4-8-22-10-6-18-30-28(22)26/h3-18H,1-2H3. The van der Waals surface area contributed by atoms with Crippen molar-refractivity contribution < 1.29 is 26.4 Å².